The Labute approximate surface area is 96.3 Å². The maximum absolute atomic E-state index is 11.5. The van der Waals surface area contributed by atoms with E-state index in [4.69, 9.17) is 11.5 Å². The topological polar surface area (TPSA) is 136 Å². The maximum Gasteiger partial charge on any atom is 0.280 e. The van der Waals surface area contributed by atoms with Gasteiger partial charge in [0.25, 0.3) is 5.56 Å². The van der Waals surface area contributed by atoms with Crippen LogP contribution in [-0.2, 0) is 6.54 Å². The minimum absolute atomic E-state index is 0.0450. The van der Waals surface area contributed by atoms with Crippen LogP contribution in [0.3, 0.4) is 0 Å². The molecular formula is C9H14N6O2. The van der Waals surface area contributed by atoms with Crippen molar-refractivity contribution in [3.05, 3.63) is 16.7 Å². The first kappa shape index (κ1) is 11.6. The third kappa shape index (κ3) is 2.27. The van der Waals surface area contributed by atoms with Crippen molar-refractivity contribution in [2.75, 3.05) is 12.3 Å². The van der Waals surface area contributed by atoms with E-state index >= 15 is 0 Å². The summed E-state index contributed by atoms with van der Waals surface area (Å²) in [6.07, 6.45) is 1.39. The van der Waals surface area contributed by atoms with Crippen LogP contribution in [0.15, 0.2) is 11.1 Å². The highest BCUT2D eigenvalue weighted by Gasteiger charge is 2.10. The van der Waals surface area contributed by atoms with Gasteiger partial charge in [-0.05, 0) is 6.42 Å². The lowest BCUT2D eigenvalue weighted by Crippen LogP contribution is -2.21. The van der Waals surface area contributed by atoms with Crippen LogP contribution in [0.2, 0.25) is 0 Å². The number of nitrogen functional groups attached to an aromatic ring is 1. The molecule has 17 heavy (non-hydrogen) atoms. The molecule has 2 heterocycles. The maximum atomic E-state index is 11.5. The molecule has 2 aromatic heterocycles. The van der Waals surface area contributed by atoms with E-state index < -0.39 is 6.10 Å². The highest BCUT2D eigenvalue weighted by Crippen LogP contribution is 2.07. The van der Waals surface area contributed by atoms with Gasteiger partial charge < -0.3 is 21.1 Å². The number of anilines is 1. The molecule has 0 spiro atoms. The van der Waals surface area contributed by atoms with Crippen LogP contribution in [-0.4, -0.2) is 37.3 Å². The number of aryl methyl sites for hydroxylation is 1. The number of nitrogens with two attached hydrogens (primary N) is 2. The first-order valence-electron chi connectivity index (χ1n) is 5.20. The third-order valence-corrected chi connectivity index (χ3v) is 2.47. The number of nitrogens with zero attached hydrogens (tertiary/aromatic N) is 3. The number of aliphatic hydroxyl groups excluding tert-OH is 1. The molecule has 0 saturated carbocycles. The van der Waals surface area contributed by atoms with E-state index in [2.05, 4.69) is 15.0 Å². The Morgan fingerprint density at radius 2 is 2.35 bits per heavy atom. The molecule has 0 bridgehead atoms. The molecule has 0 amide bonds. The lowest BCUT2D eigenvalue weighted by molar-refractivity contribution is 0.167. The second kappa shape index (κ2) is 4.52. The Morgan fingerprint density at radius 1 is 1.59 bits per heavy atom. The van der Waals surface area contributed by atoms with Crippen molar-refractivity contribution in [2.24, 2.45) is 5.73 Å². The zero-order chi connectivity index (χ0) is 12.4. The molecular weight excluding hydrogens is 224 g/mol. The Morgan fingerprint density at radius 3 is 3.06 bits per heavy atom. The summed E-state index contributed by atoms with van der Waals surface area (Å²) in [5.74, 6) is 0.0450. The first-order valence-corrected chi connectivity index (χ1v) is 5.20. The number of aromatic nitrogens is 4. The van der Waals surface area contributed by atoms with Crippen molar-refractivity contribution in [3.63, 3.8) is 0 Å². The molecule has 0 unspecified atom stereocenters. The number of nitrogens with one attached hydrogen (secondary N) is 1. The lowest BCUT2D eigenvalue weighted by Gasteiger charge is -2.08. The van der Waals surface area contributed by atoms with E-state index in [1.54, 1.807) is 4.57 Å². The molecule has 0 radical (unpaired) electrons. The Hall–Kier alpha value is -1.93. The van der Waals surface area contributed by atoms with E-state index in [1.165, 1.54) is 6.33 Å². The van der Waals surface area contributed by atoms with E-state index in [9.17, 15) is 9.90 Å². The molecule has 2 aromatic rings. The summed E-state index contributed by atoms with van der Waals surface area (Å²) >= 11 is 0. The van der Waals surface area contributed by atoms with Crippen molar-refractivity contribution < 1.29 is 5.11 Å². The number of imidazole rings is 1. The molecule has 0 fully saturated rings. The summed E-state index contributed by atoms with van der Waals surface area (Å²) in [4.78, 5) is 21.8. The number of aliphatic hydroxyl groups is 1. The van der Waals surface area contributed by atoms with Gasteiger partial charge in [0.2, 0.25) is 5.95 Å². The van der Waals surface area contributed by atoms with Crippen LogP contribution in [0.4, 0.5) is 5.95 Å². The van der Waals surface area contributed by atoms with Gasteiger partial charge in [-0.2, -0.15) is 4.98 Å². The van der Waals surface area contributed by atoms with Crippen molar-refractivity contribution in [2.45, 2.75) is 19.1 Å². The second-order valence-electron chi connectivity index (χ2n) is 3.74. The SMILES string of the molecule is NC[C@@H](O)CCn1cnc2c(=O)[nH]c(N)nc21. The summed E-state index contributed by atoms with van der Waals surface area (Å²) in [5, 5.41) is 9.37. The van der Waals surface area contributed by atoms with Crippen molar-refractivity contribution >= 4 is 17.1 Å². The number of hydrogen-bond acceptors (Lipinski definition) is 6. The van der Waals surface area contributed by atoms with Gasteiger partial charge in [0, 0.05) is 13.1 Å². The molecule has 0 aliphatic carbocycles. The lowest BCUT2D eigenvalue weighted by atomic mass is 10.2. The van der Waals surface area contributed by atoms with Crippen molar-refractivity contribution in [3.8, 4) is 0 Å². The Kier molecular flexibility index (Phi) is 3.07. The summed E-state index contributed by atoms with van der Waals surface area (Å²) in [6.45, 7) is 0.674. The predicted molar refractivity (Wildman–Crippen MR) is 62.2 cm³/mol. The average molecular weight is 238 g/mol. The number of H-pyrrole nitrogens is 1. The summed E-state index contributed by atoms with van der Waals surface area (Å²) in [5.41, 5.74) is 11.0. The van der Waals surface area contributed by atoms with E-state index in [0.29, 0.717) is 18.6 Å². The van der Waals surface area contributed by atoms with Crippen molar-refractivity contribution in [1.29, 1.82) is 0 Å². The molecule has 6 N–H and O–H groups in total. The van der Waals surface area contributed by atoms with E-state index in [-0.39, 0.29) is 23.6 Å². The quantitative estimate of drug-likeness (QED) is 0.507. The van der Waals surface area contributed by atoms with Gasteiger partial charge in [0.15, 0.2) is 11.2 Å². The Balaban J connectivity index is 2.33. The molecule has 2 rings (SSSR count). The van der Waals surface area contributed by atoms with E-state index in [1.807, 2.05) is 0 Å². The first-order chi connectivity index (χ1) is 8.11. The number of rotatable bonds is 4. The van der Waals surface area contributed by atoms with Gasteiger partial charge in [-0.15, -0.1) is 0 Å². The van der Waals surface area contributed by atoms with Gasteiger partial charge in [0.05, 0.1) is 12.4 Å². The Bertz CT molecular complexity index is 574. The summed E-state index contributed by atoms with van der Waals surface area (Å²) in [6, 6.07) is 0. The predicted octanol–water partition coefficient (Wildman–Crippen LogP) is -1.59. The molecule has 8 nitrogen and oxygen atoms in total. The number of fused-ring (bicyclic) bond motifs is 1. The minimum Gasteiger partial charge on any atom is -0.392 e. The standard InChI is InChI=1S/C9H14N6O2/c10-3-5(16)1-2-15-4-12-6-7(15)13-9(11)14-8(6)17/h4-5,16H,1-3,10H2,(H3,11,13,14,17)/t5-/m0/s1. The van der Waals surface area contributed by atoms with Crippen LogP contribution in [0.25, 0.3) is 11.2 Å². The normalized spacial score (nSPS) is 13.1. The highest BCUT2D eigenvalue weighted by atomic mass is 16.3. The van der Waals surface area contributed by atoms with E-state index in [0.717, 1.165) is 0 Å². The monoisotopic (exact) mass is 238 g/mol. The van der Waals surface area contributed by atoms with Crippen LogP contribution in [0.1, 0.15) is 6.42 Å². The molecule has 0 saturated heterocycles. The fraction of sp³-hybridized carbons (Fsp3) is 0.444. The van der Waals surface area contributed by atoms with Gasteiger partial charge in [-0.1, -0.05) is 0 Å². The zero-order valence-electron chi connectivity index (χ0n) is 9.13. The smallest absolute Gasteiger partial charge is 0.280 e. The van der Waals surface area contributed by atoms with Gasteiger partial charge in [0.1, 0.15) is 0 Å². The van der Waals surface area contributed by atoms with Crippen molar-refractivity contribution in [1.82, 2.24) is 19.5 Å². The number of aromatic amines is 1. The average Bonchev–Trinajstić information content (AvgIpc) is 2.69. The van der Waals surface area contributed by atoms with Gasteiger partial charge >= 0.3 is 0 Å². The molecule has 8 heteroatoms. The summed E-state index contributed by atoms with van der Waals surface area (Å²) < 4.78 is 1.67. The van der Waals surface area contributed by atoms with Crippen LogP contribution in [0, 0.1) is 0 Å². The van der Waals surface area contributed by atoms with Gasteiger partial charge in [-0.3, -0.25) is 9.78 Å². The largest absolute Gasteiger partial charge is 0.392 e. The fourth-order valence-corrected chi connectivity index (χ4v) is 1.54. The second-order valence-corrected chi connectivity index (χ2v) is 3.74. The molecule has 0 aliphatic heterocycles. The molecule has 0 aromatic carbocycles. The third-order valence-electron chi connectivity index (χ3n) is 2.47. The van der Waals surface area contributed by atoms with Crippen LogP contribution >= 0.6 is 0 Å². The molecule has 0 aliphatic rings. The molecule has 92 valence electrons. The van der Waals surface area contributed by atoms with Crippen LogP contribution in [0.5, 0.6) is 0 Å². The van der Waals surface area contributed by atoms with Crippen LogP contribution < -0.4 is 17.0 Å². The fourth-order valence-electron chi connectivity index (χ4n) is 1.54. The minimum atomic E-state index is -0.577. The highest BCUT2D eigenvalue weighted by molar-refractivity contribution is 5.70. The number of hydrogen-bond donors (Lipinski definition) is 4. The zero-order valence-corrected chi connectivity index (χ0v) is 9.13. The van der Waals surface area contributed by atoms with Gasteiger partial charge in [-0.25, -0.2) is 4.98 Å². The molecule has 1 atom stereocenters. The summed E-state index contributed by atoms with van der Waals surface area (Å²) in [7, 11) is 0.